The van der Waals surface area contributed by atoms with Crippen molar-refractivity contribution in [3.63, 3.8) is 0 Å². The highest BCUT2D eigenvalue weighted by Crippen LogP contribution is 2.42. The van der Waals surface area contributed by atoms with Crippen molar-refractivity contribution < 1.29 is 24.1 Å². The molecule has 0 bridgehead atoms. The van der Waals surface area contributed by atoms with Crippen LogP contribution in [-0.4, -0.2) is 57.7 Å². The minimum atomic E-state index is -1.11. The summed E-state index contributed by atoms with van der Waals surface area (Å²) in [6.45, 7) is -0.0201. The van der Waals surface area contributed by atoms with E-state index in [1.165, 1.54) is 17.0 Å². The van der Waals surface area contributed by atoms with Crippen LogP contribution in [0.1, 0.15) is 29.3 Å². The van der Waals surface area contributed by atoms with E-state index in [0.717, 1.165) is 16.7 Å². The zero-order valence-electron chi connectivity index (χ0n) is 24.2. The summed E-state index contributed by atoms with van der Waals surface area (Å²) >= 11 is 0. The Hall–Kier alpha value is -4.97. The maximum atomic E-state index is 12.8. The lowest BCUT2D eigenvalue weighted by Crippen LogP contribution is -2.38. The van der Waals surface area contributed by atoms with E-state index in [9.17, 15) is 14.7 Å². The van der Waals surface area contributed by atoms with Crippen molar-refractivity contribution >= 4 is 0 Å². The zero-order chi connectivity index (χ0) is 30.7. The van der Waals surface area contributed by atoms with Crippen molar-refractivity contribution in [1.29, 1.82) is 0 Å². The number of rotatable bonds is 10. The second-order valence-electron chi connectivity index (χ2n) is 10.4. The van der Waals surface area contributed by atoms with Crippen LogP contribution in [0.15, 0.2) is 107 Å². The van der Waals surface area contributed by atoms with Crippen LogP contribution in [0.25, 0.3) is 11.4 Å². The number of aliphatic hydroxyl groups is 1. The van der Waals surface area contributed by atoms with Gasteiger partial charge < -0.3 is 29.0 Å². The molecule has 1 aliphatic heterocycles. The molecule has 226 valence electrons. The van der Waals surface area contributed by atoms with Crippen molar-refractivity contribution in [3.05, 3.63) is 135 Å². The Kier molecular flexibility index (Phi) is 8.16. The van der Waals surface area contributed by atoms with Crippen molar-refractivity contribution in [2.75, 3.05) is 20.8 Å². The summed E-state index contributed by atoms with van der Waals surface area (Å²) in [7, 11) is 3.22. The van der Waals surface area contributed by atoms with Gasteiger partial charge in [-0.3, -0.25) is 14.3 Å². The van der Waals surface area contributed by atoms with Crippen LogP contribution in [0.5, 0.6) is 11.5 Å². The first-order valence-corrected chi connectivity index (χ1v) is 14.1. The molecule has 1 fully saturated rings. The number of ether oxygens (including phenoxy) is 4. The first-order chi connectivity index (χ1) is 21.4. The second kappa shape index (κ2) is 12.3. The second-order valence-corrected chi connectivity index (χ2v) is 10.4. The molecule has 0 saturated carbocycles. The molecule has 3 heterocycles. The number of hydrogen-bond acceptors (Lipinski definition) is 8. The van der Waals surface area contributed by atoms with Gasteiger partial charge in [0.2, 0.25) is 0 Å². The molecule has 3 N–H and O–H groups in total. The fourth-order valence-electron chi connectivity index (χ4n) is 5.60. The van der Waals surface area contributed by atoms with Crippen molar-refractivity contribution in [3.8, 4) is 22.9 Å². The molecular formula is C33H32N4O7. The molecule has 2 aromatic heterocycles. The van der Waals surface area contributed by atoms with Crippen molar-refractivity contribution in [2.24, 2.45) is 0 Å². The molecule has 1 saturated heterocycles. The number of nitrogens with one attached hydrogen (secondary N) is 2. The monoisotopic (exact) mass is 596 g/mol. The van der Waals surface area contributed by atoms with Crippen LogP contribution >= 0.6 is 0 Å². The van der Waals surface area contributed by atoms with Crippen LogP contribution in [0.3, 0.4) is 0 Å². The number of benzene rings is 3. The fraction of sp³-hybridized carbons (Fsp3) is 0.242. The quantitative estimate of drug-likeness (QED) is 0.208. The summed E-state index contributed by atoms with van der Waals surface area (Å²) in [6, 6.07) is 25.1. The molecule has 0 spiro atoms. The summed E-state index contributed by atoms with van der Waals surface area (Å²) in [5.41, 5.74) is 0.360. The largest absolute Gasteiger partial charge is 0.497 e. The summed E-state index contributed by atoms with van der Waals surface area (Å²) in [5, 5.41) is 11.1. The third-order valence-electron chi connectivity index (χ3n) is 7.87. The Morgan fingerprint density at radius 1 is 0.932 bits per heavy atom. The number of nitrogens with zero attached hydrogens (tertiary/aromatic N) is 2. The fourth-order valence-corrected chi connectivity index (χ4v) is 5.60. The minimum absolute atomic E-state index is 0.0201. The highest BCUT2D eigenvalue weighted by atomic mass is 16.6. The topological polar surface area (TPSA) is 141 Å². The van der Waals surface area contributed by atoms with E-state index < -0.39 is 35.3 Å². The smallest absolute Gasteiger partial charge is 0.330 e. The van der Waals surface area contributed by atoms with Gasteiger partial charge in [-0.25, -0.2) is 9.78 Å². The number of aromatic amines is 2. The zero-order valence-corrected chi connectivity index (χ0v) is 24.2. The number of methoxy groups -OCH3 is 2. The average Bonchev–Trinajstić information content (AvgIpc) is 3.72. The maximum absolute atomic E-state index is 12.8. The maximum Gasteiger partial charge on any atom is 0.330 e. The van der Waals surface area contributed by atoms with Crippen LogP contribution in [-0.2, 0) is 15.1 Å². The van der Waals surface area contributed by atoms with Crippen LogP contribution in [0, 0.1) is 0 Å². The van der Waals surface area contributed by atoms with Gasteiger partial charge in [-0.1, -0.05) is 54.6 Å². The number of imidazole rings is 1. The number of aliphatic hydroxyl groups excluding tert-OH is 1. The third kappa shape index (κ3) is 5.44. The Labute approximate surface area is 252 Å². The van der Waals surface area contributed by atoms with Gasteiger partial charge in [0.25, 0.3) is 5.56 Å². The lowest BCUT2D eigenvalue weighted by molar-refractivity contribution is -0.0944. The van der Waals surface area contributed by atoms with E-state index in [4.69, 9.17) is 18.9 Å². The van der Waals surface area contributed by atoms with Gasteiger partial charge in [0.15, 0.2) is 0 Å². The highest BCUT2D eigenvalue weighted by Gasteiger charge is 2.42. The number of H-pyrrole nitrogens is 2. The molecule has 3 atom stereocenters. The Bertz CT molecular complexity index is 1750. The normalized spacial score (nSPS) is 18.3. The Morgan fingerprint density at radius 3 is 2.11 bits per heavy atom. The molecule has 1 aliphatic rings. The van der Waals surface area contributed by atoms with Crippen LogP contribution in [0.4, 0.5) is 0 Å². The molecule has 11 heteroatoms. The van der Waals surface area contributed by atoms with Gasteiger partial charge >= 0.3 is 5.69 Å². The van der Waals surface area contributed by atoms with Gasteiger partial charge in [0.05, 0.1) is 32.5 Å². The Morgan fingerprint density at radius 2 is 1.55 bits per heavy atom. The van der Waals surface area contributed by atoms with Crippen LogP contribution in [0.2, 0.25) is 0 Å². The van der Waals surface area contributed by atoms with Crippen LogP contribution < -0.4 is 20.7 Å². The minimum Gasteiger partial charge on any atom is -0.497 e. The predicted molar refractivity (Wildman–Crippen MR) is 162 cm³/mol. The molecule has 0 unspecified atom stereocenters. The van der Waals surface area contributed by atoms with E-state index in [0.29, 0.717) is 17.3 Å². The predicted octanol–water partition coefficient (Wildman–Crippen LogP) is 3.60. The van der Waals surface area contributed by atoms with Crippen molar-refractivity contribution in [1.82, 2.24) is 19.5 Å². The van der Waals surface area contributed by atoms with Gasteiger partial charge in [-0.15, -0.1) is 0 Å². The van der Waals surface area contributed by atoms with Gasteiger partial charge in [0.1, 0.15) is 35.3 Å². The summed E-state index contributed by atoms with van der Waals surface area (Å²) in [5.74, 6) is 1.70. The molecule has 0 aliphatic carbocycles. The Balaban J connectivity index is 1.36. The number of hydrogen-bond donors (Lipinski definition) is 3. The third-order valence-corrected chi connectivity index (χ3v) is 7.87. The molecule has 6 rings (SSSR count). The molecule has 44 heavy (non-hydrogen) atoms. The van der Waals surface area contributed by atoms with E-state index >= 15 is 0 Å². The van der Waals surface area contributed by atoms with Gasteiger partial charge in [-0.05, 0) is 41.0 Å². The summed E-state index contributed by atoms with van der Waals surface area (Å²) in [6.07, 6.45) is 2.02. The lowest BCUT2D eigenvalue weighted by Gasteiger charge is -2.37. The summed E-state index contributed by atoms with van der Waals surface area (Å²) < 4.78 is 25.2. The standard InChI is InChI=1S/C33H32N4O7/c1-41-24-12-8-22(9-13-24)33(21-6-4-3-5-7-21,23-10-14-25(42-2)15-11-23)43-20-28-27(38)18-29(44-28)37-19-26(30-34-16-17-35-30)31(39)36-32(37)40/h3-17,19,27-29,38H,18,20H2,1-2H3,(H,34,35)(H,36,39,40)/t27-,28+,29+/m0/s1. The summed E-state index contributed by atoms with van der Waals surface area (Å²) in [4.78, 5) is 34.6. The lowest BCUT2D eigenvalue weighted by atomic mass is 9.80. The van der Waals surface area contributed by atoms with E-state index in [1.54, 1.807) is 20.4 Å². The number of aromatic nitrogens is 4. The SMILES string of the molecule is COc1ccc(C(OC[C@H]2O[C@@H](n3cc(-c4ncc[nH]4)c(=O)[nH]c3=O)C[C@@H]2O)(c2ccccc2)c2ccc(OC)cc2)cc1. The molecule has 0 radical (unpaired) electrons. The first-order valence-electron chi connectivity index (χ1n) is 14.1. The van der Waals surface area contributed by atoms with Gasteiger partial charge in [-0.2, -0.15) is 0 Å². The average molecular weight is 597 g/mol. The van der Waals surface area contributed by atoms with Gasteiger partial charge in [0, 0.05) is 25.0 Å². The molecule has 0 amide bonds. The van der Waals surface area contributed by atoms with E-state index in [1.807, 2.05) is 78.9 Å². The van der Waals surface area contributed by atoms with E-state index in [-0.39, 0.29) is 18.6 Å². The van der Waals surface area contributed by atoms with Crippen molar-refractivity contribution in [2.45, 2.75) is 30.5 Å². The molecule has 3 aromatic carbocycles. The van der Waals surface area contributed by atoms with E-state index in [2.05, 4.69) is 15.0 Å². The first kappa shape index (κ1) is 29.1. The molecule has 5 aromatic rings. The molecular weight excluding hydrogens is 564 g/mol. The molecule has 11 nitrogen and oxygen atoms in total. The highest BCUT2D eigenvalue weighted by molar-refractivity contribution is 5.51.